The third-order valence-electron chi connectivity index (χ3n) is 2.30. The lowest BCUT2D eigenvalue weighted by Gasteiger charge is -1.98. The monoisotopic (exact) mass is 219 g/mol. The number of aromatic nitrogens is 2. The Morgan fingerprint density at radius 3 is 2.40 bits per heavy atom. The van der Waals surface area contributed by atoms with Gasteiger partial charge in [-0.05, 0) is 18.4 Å². The van der Waals surface area contributed by atoms with E-state index in [1.807, 2.05) is 17.8 Å². The molecule has 0 aliphatic heterocycles. The van der Waals surface area contributed by atoms with Crippen LogP contribution in [-0.2, 0) is 7.05 Å². The van der Waals surface area contributed by atoms with Crippen molar-refractivity contribution in [1.82, 2.24) is 9.55 Å². The van der Waals surface area contributed by atoms with E-state index in [1.165, 1.54) is 4.90 Å². The van der Waals surface area contributed by atoms with E-state index >= 15 is 0 Å². The summed E-state index contributed by atoms with van der Waals surface area (Å²) in [5.41, 5.74) is 7.70. The second-order valence-electron chi connectivity index (χ2n) is 3.32. The fraction of sp³-hybridized carbons (Fsp3) is 0.182. The maximum absolute atomic E-state index is 5.68. The average Bonchev–Trinajstić information content (AvgIpc) is 2.59. The number of nitrogens with two attached hydrogens (primary N) is 1. The number of hydrogen-bond acceptors (Lipinski definition) is 3. The fourth-order valence-electron chi connectivity index (χ4n) is 1.38. The molecule has 1 aromatic heterocycles. The van der Waals surface area contributed by atoms with Crippen LogP contribution in [0.5, 0.6) is 0 Å². The van der Waals surface area contributed by atoms with Crippen molar-refractivity contribution in [3.63, 3.8) is 0 Å². The predicted molar refractivity (Wildman–Crippen MR) is 64.8 cm³/mol. The average molecular weight is 219 g/mol. The molecule has 0 fully saturated rings. The Labute approximate surface area is 93.3 Å². The van der Waals surface area contributed by atoms with Crippen molar-refractivity contribution in [1.29, 1.82) is 0 Å². The van der Waals surface area contributed by atoms with Crippen LogP contribution in [0.1, 0.15) is 0 Å². The summed E-state index contributed by atoms with van der Waals surface area (Å²) in [6.45, 7) is 0. The van der Waals surface area contributed by atoms with Crippen molar-refractivity contribution in [2.45, 2.75) is 4.90 Å². The molecule has 0 amide bonds. The first-order valence-electron chi connectivity index (χ1n) is 4.64. The van der Waals surface area contributed by atoms with Crippen molar-refractivity contribution >= 4 is 17.7 Å². The van der Waals surface area contributed by atoms with E-state index in [0.29, 0.717) is 5.95 Å². The summed E-state index contributed by atoms with van der Waals surface area (Å²) in [4.78, 5) is 5.52. The Hall–Kier alpha value is -1.42. The van der Waals surface area contributed by atoms with E-state index in [1.54, 1.807) is 11.8 Å². The van der Waals surface area contributed by atoms with E-state index in [4.69, 9.17) is 5.73 Å². The van der Waals surface area contributed by atoms with Crippen LogP contribution in [0.3, 0.4) is 0 Å². The highest BCUT2D eigenvalue weighted by molar-refractivity contribution is 7.98. The Morgan fingerprint density at radius 1 is 1.27 bits per heavy atom. The Bertz CT molecular complexity index is 440. The van der Waals surface area contributed by atoms with E-state index in [0.717, 1.165) is 11.3 Å². The van der Waals surface area contributed by atoms with Gasteiger partial charge in [0.05, 0.1) is 5.69 Å². The van der Waals surface area contributed by atoms with Gasteiger partial charge in [0.25, 0.3) is 0 Å². The number of nitrogen functional groups attached to an aromatic ring is 1. The molecular formula is C11H13N3S. The van der Waals surface area contributed by atoms with Gasteiger partial charge in [-0.25, -0.2) is 4.98 Å². The molecular weight excluding hydrogens is 206 g/mol. The summed E-state index contributed by atoms with van der Waals surface area (Å²) in [6.07, 6.45) is 4.00. The van der Waals surface area contributed by atoms with Gasteiger partial charge in [0.15, 0.2) is 5.95 Å². The molecule has 0 bridgehead atoms. The second-order valence-corrected chi connectivity index (χ2v) is 4.20. The number of anilines is 1. The molecule has 1 aromatic carbocycles. The van der Waals surface area contributed by atoms with Gasteiger partial charge in [0.2, 0.25) is 0 Å². The van der Waals surface area contributed by atoms with Crippen molar-refractivity contribution in [3.05, 3.63) is 30.5 Å². The van der Waals surface area contributed by atoms with Crippen molar-refractivity contribution in [2.24, 2.45) is 7.05 Å². The SMILES string of the molecule is CSc1ccc(-c2cn(C)c(N)n2)cc1. The number of aryl methyl sites for hydroxylation is 1. The highest BCUT2D eigenvalue weighted by Crippen LogP contribution is 2.22. The van der Waals surface area contributed by atoms with Crippen molar-refractivity contribution in [3.8, 4) is 11.3 Å². The Morgan fingerprint density at radius 2 is 1.93 bits per heavy atom. The molecule has 2 rings (SSSR count). The maximum atomic E-state index is 5.68. The lowest BCUT2D eigenvalue weighted by Crippen LogP contribution is -1.94. The molecule has 1 heterocycles. The molecule has 2 aromatic rings. The summed E-state index contributed by atoms with van der Waals surface area (Å²) in [7, 11) is 1.89. The normalized spacial score (nSPS) is 10.5. The fourth-order valence-corrected chi connectivity index (χ4v) is 1.79. The quantitative estimate of drug-likeness (QED) is 0.789. The van der Waals surface area contributed by atoms with E-state index in [2.05, 4.69) is 35.5 Å². The van der Waals surface area contributed by atoms with Gasteiger partial charge >= 0.3 is 0 Å². The van der Waals surface area contributed by atoms with Gasteiger partial charge in [0, 0.05) is 23.7 Å². The van der Waals surface area contributed by atoms with Gasteiger partial charge in [0.1, 0.15) is 0 Å². The van der Waals surface area contributed by atoms with E-state index < -0.39 is 0 Å². The minimum atomic E-state index is 0.541. The van der Waals surface area contributed by atoms with Gasteiger partial charge in [-0.3, -0.25) is 0 Å². The summed E-state index contributed by atoms with van der Waals surface area (Å²) in [6, 6.07) is 8.30. The smallest absolute Gasteiger partial charge is 0.200 e. The van der Waals surface area contributed by atoms with E-state index in [9.17, 15) is 0 Å². The first-order chi connectivity index (χ1) is 7.20. The zero-order chi connectivity index (χ0) is 10.8. The van der Waals surface area contributed by atoms with Crippen LogP contribution >= 0.6 is 11.8 Å². The zero-order valence-corrected chi connectivity index (χ0v) is 9.58. The third kappa shape index (κ3) is 1.99. The lowest BCUT2D eigenvalue weighted by atomic mass is 10.2. The van der Waals surface area contributed by atoms with Crippen LogP contribution in [0.15, 0.2) is 35.4 Å². The third-order valence-corrected chi connectivity index (χ3v) is 3.04. The number of rotatable bonds is 2. The number of thioether (sulfide) groups is 1. The predicted octanol–water partition coefficient (Wildman–Crippen LogP) is 2.39. The standard InChI is InChI=1S/C11H13N3S/c1-14-7-10(13-11(14)12)8-3-5-9(15-2)6-4-8/h3-7H,1-2H3,(H2,12,13). The van der Waals surface area contributed by atoms with Gasteiger partial charge < -0.3 is 10.3 Å². The van der Waals surface area contributed by atoms with Gasteiger partial charge in [-0.2, -0.15) is 0 Å². The van der Waals surface area contributed by atoms with Gasteiger partial charge in [-0.15, -0.1) is 11.8 Å². The molecule has 0 spiro atoms. The molecule has 15 heavy (non-hydrogen) atoms. The lowest BCUT2D eigenvalue weighted by molar-refractivity contribution is 0.930. The summed E-state index contributed by atoms with van der Waals surface area (Å²) in [5.74, 6) is 0.541. The Kier molecular flexibility index (Phi) is 2.68. The first-order valence-corrected chi connectivity index (χ1v) is 5.86. The highest BCUT2D eigenvalue weighted by Gasteiger charge is 2.03. The number of hydrogen-bond donors (Lipinski definition) is 1. The number of nitrogens with zero attached hydrogens (tertiary/aromatic N) is 2. The molecule has 4 heteroatoms. The van der Waals surface area contributed by atoms with Crippen LogP contribution in [0.2, 0.25) is 0 Å². The molecule has 2 N–H and O–H groups in total. The highest BCUT2D eigenvalue weighted by atomic mass is 32.2. The summed E-state index contributed by atoms with van der Waals surface area (Å²) in [5, 5.41) is 0. The zero-order valence-electron chi connectivity index (χ0n) is 8.77. The second kappa shape index (κ2) is 3.98. The molecule has 0 unspecified atom stereocenters. The maximum Gasteiger partial charge on any atom is 0.200 e. The van der Waals surface area contributed by atoms with Crippen LogP contribution in [0.25, 0.3) is 11.3 Å². The van der Waals surface area contributed by atoms with Crippen LogP contribution in [0.4, 0.5) is 5.95 Å². The van der Waals surface area contributed by atoms with Crippen LogP contribution in [-0.4, -0.2) is 15.8 Å². The topological polar surface area (TPSA) is 43.8 Å². The summed E-state index contributed by atoms with van der Waals surface area (Å²) < 4.78 is 1.82. The molecule has 0 saturated heterocycles. The number of benzene rings is 1. The molecule has 78 valence electrons. The van der Waals surface area contributed by atoms with Gasteiger partial charge in [-0.1, -0.05) is 12.1 Å². The molecule has 0 atom stereocenters. The molecule has 0 aliphatic rings. The van der Waals surface area contributed by atoms with Crippen LogP contribution in [0, 0.1) is 0 Å². The van der Waals surface area contributed by atoms with Crippen LogP contribution < -0.4 is 5.73 Å². The van der Waals surface area contributed by atoms with Crippen molar-refractivity contribution < 1.29 is 0 Å². The summed E-state index contributed by atoms with van der Waals surface area (Å²) >= 11 is 1.73. The first kappa shape index (κ1) is 10.1. The molecule has 0 radical (unpaired) electrons. The minimum absolute atomic E-state index is 0.541. The van der Waals surface area contributed by atoms with Crippen molar-refractivity contribution in [2.75, 3.05) is 12.0 Å². The molecule has 0 saturated carbocycles. The minimum Gasteiger partial charge on any atom is -0.369 e. The largest absolute Gasteiger partial charge is 0.369 e. The molecule has 3 nitrogen and oxygen atoms in total. The van der Waals surface area contributed by atoms with E-state index in [-0.39, 0.29) is 0 Å². The number of imidazole rings is 1. The Balaban J connectivity index is 2.37. The molecule has 0 aliphatic carbocycles.